The Morgan fingerprint density at radius 1 is 1.32 bits per heavy atom. The topological polar surface area (TPSA) is 78.0 Å². The van der Waals surface area contributed by atoms with Crippen LogP contribution in [0.25, 0.3) is 0 Å². The molecule has 2 aliphatic rings. The first-order chi connectivity index (χ1) is 10.7. The molecule has 1 heterocycles. The maximum Gasteiger partial charge on any atom is 0.224 e. The highest BCUT2D eigenvalue weighted by atomic mass is 16.3. The summed E-state index contributed by atoms with van der Waals surface area (Å²) in [6, 6.07) is 7.64. The van der Waals surface area contributed by atoms with Crippen molar-refractivity contribution in [2.24, 2.45) is 5.92 Å². The number of carbonyl (C=O) groups excluding carboxylic acids is 1. The number of H-pyrrole nitrogens is 1. The number of hydrogen-bond acceptors (Lipinski definition) is 3. The SMILES string of the molecule is O=C(NC1c2ccccc2CC1O)C1CCc2nc[nH]c2C1. The zero-order chi connectivity index (χ0) is 15.1. The van der Waals surface area contributed by atoms with Crippen LogP contribution in [-0.2, 0) is 24.1 Å². The molecule has 2 aliphatic carbocycles. The number of aliphatic hydroxyl groups is 1. The van der Waals surface area contributed by atoms with Crippen LogP contribution in [-0.4, -0.2) is 27.1 Å². The van der Waals surface area contributed by atoms with Gasteiger partial charge in [-0.2, -0.15) is 0 Å². The molecule has 1 aromatic carbocycles. The lowest BCUT2D eigenvalue weighted by molar-refractivity contribution is -0.126. The molecule has 0 spiro atoms. The minimum absolute atomic E-state index is 0.0287. The predicted molar refractivity (Wildman–Crippen MR) is 81.1 cm³/mol. The fourth-order valence-electron chi connectivity index (χ4n) is 3.64. The highest BCUT2D eigenvalue weighted by Gasteiger charge is 2.34. The van der Waals surface area contributed by atoms with Gasteiger partial charge in [-0.25, -0.2) is 4.98 Å². The van der Waals surface area contributed by atoms with Crippen LogP contribution in [0.3, 0.4) is 0 Å². The van der Waals surface area contributed by atoms with Crippen molar-refractivity contribution in [1.82, 2.24) is 15.3 Å². The Morgan fingerprint density at radius 3 is 3.09 bits per heavy atom. The highest BCUT2D eigenvalue weighted by molar-refractivity contribution is 5.80. The Balaban J connectivity index is 1.49. The predicted octanol–water partition coefficient (Wildman–Crippen LogP) is 1.29. The second-order valence-electron chi connectivity index (χ2n) is 6.22. The van der Waals surface area contributed by atoms with Gasteiger partial charge in [0.2, 0.25) is 5.91 Å². The number of amides is 1. The Labute approximate surface area is 128 Å². The van der Waals surface area contributed by atoms with E-state index in [9.17, 15) is 9.90 Å². The van der Waals surface area contributed by atoms with Crippen molar-refractivity contribution in [3.63, 3.8) is 0 Å². The van der Waals surface area contributed by atoms with Crippen molar-refractivity contribution in [3.8, 4) is 0 Å². The summed E-state index contributed by atoms with van der Waals surface area (Å²) < 4.78 is 0. The van der Waals surface area contributed by atoms with Crippen LogP contribution in [0.1, 0.15) is 35.0 Å². The van der Waals surface area contributed by atoms with Gasteiger partial charge in [-0.1, -0.05) is 24.3 Å². The number of nitrogens with zero attached hydrogens (tertiary/aromatic N) is 1. The number of rotatable bonds is 2. The molecule has 0 bridgehead atoms. The fourth-order valence-corrected chi connectivity index (χ4v) is 3.64. The average Bonchev–Trinajstić information content (AvgIpc) is 3.11. The van der Waals surface area contributed by atoms with Gasteiger partial charge in [-0.15, -0.1) is 0 Å². The summed E-state index contributed by atoms with van der Waals surface area (Å²) in [5.41, 5.74) is 4.32. The first-order valence-electron chi connectivity index (χ1n) is 7.79. The van der Waals surface area contributed by atoms with E-state index in [-0.39, 0.29) is 17.9 Å². The molecule has 4 rings (SSSR count). The molecular formula is C17H19N3O2. The quantitative estimate of drug-likeness (QED) is 0.781. The van der Waals surface area contributed by atoms with Crippen LogP contribution in [0.5, 0.6) is 0 Å². The monoisotopic (exact) mass is 297 g/mol. The van der Waals surface area contributed by atoms with E-state index in [1.54, 1.807) is 6.33 Å². The second-order valence-corrected chi connectivity index (χ2v) is 6.22. The van der Waals surface area contributed by atoms with E-state index in [4.69, 9.17) is 0 Å². The van der Waals surface area contributed by atoms with Crippen molar-refractivity contribution in [2.45, 2.75) is 37.8 Å². The first-order valence-corrected chi connectivity index (χ1v) is 7.79. The Hall–Kier alpha value is -2.14. The molecule has 0 saturated carbocycles. The maximum atomic E-state index is 12.6. The summed E-state index contributed by atoms with van der Waals surface area (Å²) in [5.74, 6) is -0.0195. The molecule has 2 aromatic rings. The number of benzene rings is 1. The lowest BCUT2D eigenvalue weighted by Gasteiger charge is -2.24. The van der Waals surface area contributed by atoms with Crippen LogP contribution >= 0.6 is 0 Å². The molecule has 0 aliphatic heterocycles. The standard InChI is InChI=1S/C17H19N3O2/c21-15-8-10-3-1-2-4-12(10)16(15)20-17(22)11-5-6-13-14(7-11)19-9-18-13/h1-4,9,11,15-16,21H,5-8H2,(H,18,19)(H,20,22). The zero-order valence-corrected chi connectivity index (χ0v) is 12.2. The van der Waals surface area contributed by atoms with Crippen LogP contribution in [0.4, 0.5) is 0 Å². The van der Waals surface area contributed by atoms with E-state index in [2.05, 4.69) is 15.3 Å². The van der Waals surface area contributed by atoms with Crippen LogP contribution in [0.2, 0.25) is 0 Å². The van der Waals surface area contributed by atoms with Gasteiger partial charge in [0.1, 0.15) is 0 Å². The van der Waals surface area contributed by atoms with Crippen molar-refractivity contribution >= 4 is 5.91 Å². The van der Waals surface area contributed by atoms with Crippen LogP contribution in [0, 0.1) is 5.92 Å². The highest BCUT2D eigenvalue weighted by Crippen LogP contribution is 2.32. The van der Waals surface area contributed by atoms with Crippen LogP contribution in [0.15, 0.2) is 30.6 Å². The molecule has 1 amide bonds. The van der Waals surface area contributed by atoms with Gasteiger partial charge in [0, 0.05) is 24.5 Å². The molecule has 114 valence electrons. The third kappa shape index (κ3) is 2.22. The molecule has 3 atom stereocenters. The van der Waals surface area contributed by atoms with Crippen LogP contribution < -0.4 is 5.32 Å². The maximum absolute atomic E-state index is 12.6. The molecule has 0 fully saturated rings. The van der Waals surface area contributed by atoms with Crippen molar-refractivity contribution in [2.75, 3.05) is 0 Å². The minimum Gasteiger partial charge on any atom is -0.390 e. The minimum atomic E-state index is -0.535. The number of imidazole rings is 1. The Bertz CT molecular complexity index is 709. The largest absolute Gasteiger partial charge is 0.390 e. The van der Waals surface area contributed by atoms with Gasteiger partial charge in [0.15, 0.2) is 0 Å². The molecule has 3 N–H and O–H groups in total. The summed E-state index contributed by atoms with van der Waals surface area (Å²) in [4.78, 5) is 20.0. The number of aliphatic hydroxyl groups excluding tert-OH is 1. The number of aromatic amines is 1. The number of fused-ring (bicyclic) bond motifs is 2. The normalized spacial score (nSPS) is 26.3. The van der Waals surface area contributed by atoms with Gasteiger partial charge in [-0.3, -0.25) is 4.79 Å². The summed E-state index contributed by atoms with van der Waals surface area (Å²) >= 11 is 0. The van der Waals surface area contributed by atoms with Gasteiger partial charge >= 0.3 is 0 Å². The van der Waals surface area contributed by atoms with Gasteiger partial charge in [0.25, 0.3) is 0 Å². The lowest BCUT2D eigenvalue weighted by atomic mass is 9.89. The van der Waals surface area contributed by atoms with Gasteiger partial charge < -0.3 is 15.4 Å². The lowest BCUT2D eigenvalue weighted by Crippen LogP contribution is -2.39. The van der Waals surface area contributed by atoms with E-state index in [0.717, 1.165) is 35.4 Å². The summed E-state index contributed by atoms with van der Waals surface area (Å²) in [6.45, 7) is 0. The van der Waals surface area contributed by atoms with E-state index in [0.29, 0.717) is 12.8 Å². The fraction of sp³-hybridized carbons (Fsp3) is 0.412. The van der Waals surface area contributed by atoms with Gasteiger partial charge in [-0.05, 0) is 24.0 Å². The molecule has 22 heavy (non-hydrogen) atoms. The number of aromatic nitrogens is 2. The molecule has 5 heteroatoms. The Kier molecular flexibility index (Phi) is 3.22. The molecule has 0 saturated heterocycles. The average molecular weight is 297 g/mol. The number of nitrogens with one attached hydrogen (secondary N) is 2. The third-order valence-corrected chi connectivity index (χ3v) is 4.86. The van der Waals surface area contributed by atoms with Gasteiger partial charge in [0.05, 0.1) is 24.2 Å². The van der Waals surface area contributed by atoms with E-state index in [1.807, 2.05) is 24.3 Å². The molecular weight excluding hydrogens is 278 g/mol. The molecule has 5 nitrogen and oxygen atoms in total. The van der Waals surface area contributed by atoms with E-state index < -0.39 is 6.10 Å². The molecule has 1 aromatic heterocycles. The summed E-state index contributed by atoms with van der Waals surface area (Å²) in [7, 11) is 0. The number of hydrogen-bond donors (Lipinski definition) is 3. The molecule has 0 radical (unpaired) electrons. The molecule has 3 unspecified atom stereocenters. The van der Waals surface area contributed by atoms with E-state index >= 15 is 0 Å². The smallest absolute Gasteiger partial charge is 0.224 e. The third-order valence-electron chi connectivity index (χ3n) is 4.86. The van der Waals surface area contributed by atoms with E-state index in [1.165, 1.54) is 0 Å². The number of carbonyl (C=O) groups is 1. The Morgan fingerprint density at radius 2 is 2.18 bits per heavy atom. The number of aryl methyl sites for hydroxylation is 1. The van der Waals surface area contributed by atoms with Crippen molar-refractivity contribution < 1.29 is 9.90 Å². The summed E-state index contributed by atoms with van der Waals surface area (Å²) in [6.07, 6.45) is 4.12. The zero-order valence-electron chi connectivity index (χ0n) is 12.2. The second kappa shape index (κ2) is 5.25. The van der Waals surface area contributed by atoms with Crippen molar-refractivity contribution in [3.05, 3.63) is 53.1 Å². The van der Waals surface area contributed by atoms with Crippen molar-refractivity contribution in [1.29, 1.82) is 0 Å². The summed E-state index contributed by atoms with van der Waals surface area (Å²) in [5, 5.41) is 13.3. The first kappa shape index (κ1) is 13.5.